The minimum atomic E-state index is -0.204. The van der Waals surface area contributed by atoms with Gasteiger partial charge >= 0.3 is 0 Å². The lowest BCUT2D eigenvalue weighted by Crippen LogP contribution is -2.42. The van der Waals surface area contributed by atoms with Crippen LogP contribution in [0.15, 0.2) is 0 Å². The second kappa shape index (κ2) is 6.45. The second-order valence-electron chi connectivity index (χ2n) is 5.00. The van der Waals surface area contributed by atoms with Crippen LogP contribution in [-0.4, -0.2) is 45.9 Å². The summed E-state index contributed by atoms with van der Waals surface area (Å²) >= 11 is 1.61. The Hall–Kier alpha value is -0.720. The molecular weight excluding hydrogens is 248 g/mol. The van der Waals surface area contributed by atoms with Crippen molar-refractivity contribution in [2.24, 2.45) is 5.92 Å². The van der Waals surface area contributed by atoms with E-state index in [2.05, 4.69) is 34.3 Å². The summed E-state index contributed by atoms with van der Waals surface area (Å²) in [6.45, 7) is 7.77. The summed E-state index contributed by atoms with van der Waals surface area (Å²) in [5.41, 5.74) is 0. The van der Waals surface area contributed by atoms with Gasteiger partial charge in [0.15, 0.2) is 0 Å². The molecule has 1 saturated heterocycles. The van der Waals surface area contributed by atoms with Crippen LogP contribution in [0.1, 0.15) is 31.7 Å². The zero-order valence-corrected chi connectivity index (χ0v) is 11.9. The third kappa shape index (κ3) is 3.63. The maximum Gasteiger partial charge on any atom is 0.205 e. The van der Waals surface area contributed by atoms with Crippen molar-refractivity contribution >= 4 is 16.5 Å². The third-order valence-corrected chi connectivity index (χ3v) is 4.22. The Morgan fingerprint density at radius 3 is 3.06 bits per heavy atom. The molecule has 0 amide bonds. The lowest BCUT2D eigenvalue weighted by molar-refractivity contribution is 0.0258. The number of hydrogen-bond acceptors (Lipinski definition) is 6. The van der Waals surface area contributed by atoms with Gasteiger partial charge in [-0.25, -0.2) is 0 Å². The summed E-state index contributed by atoms with van der Waals surface area (Å²) in [4.78, 5) is 2.26. The van der Waals surface area contributed by atoms with E-state index < -0.39 is 0 Å². The molecule has 0 radical (unpaired) electrons. The fraction of sp³-hybridized carbons (Fsp3) is 0.833. The van der Waals surface area contributed by atoms with E-state index in [1.54, 1.807) is 11.3 Å². The molecule has 1 aliphatic rings. The second-order valence-corrected chi connectivity index (χ2v) is 6.06. The molecule has 0 aliphatic carbocycles. The molecule has 2 N–H and O–H groups in total. The number of β-amino-alcohol motifs (C(OH)–C–C–N with tert-alkyl or cyclic N) is 1. The fourth-order valence-electron chi connectivity index (χ4n) is 2.07. The number of aliphatic hydroxyl groups is 1. The van der Waals surface area contributed by atoms with E-state index in [0.717, 1.165) is 49.2 Å². The summed E-state index contributed by atoms with van der Waals surface area (Å²) in [7, 11) is 0. The van der Waals surface area contributed by atoms with Gasteiger partial charge in [0, 0.05) is 13.1 Å². The summed E-state index contributed by atoms with van der Waals surface area (Å²) in [5.74, 6) is 0.414. The van der Waals surface area contributed by atoms with Crippen LogP contribution < -0.4 is 5.32 Å². The van der Waals surface area contributed by atoms with Gasteiger partial charge < -0.3 is 10.4 Å². The first-order valence-electron chi connectivity index (χ1n) is 6.65. The average molecular weight is 270 g/mol. The van der Waals surface area contributed by atoms with Crippen LogP contribution in [0.3, 0.4) is 0 Å². The molecule has 1 aliphatic heterocycles. The number of aromatic nitrogens is 2. The van der Waals surface area contributed by atoms with Crippen LogP contribution in [0.2, 0.25) is 0 Å². The zero-order valence-electron chi connectivity index (χ0n) is 11.1. The fourth-order valence-corrected chi connectivity index (χ4v) is 2.88. The largest absolute Gasteiger partial charge is 0.392 e. The molecule has 2 rings (SSSR count). The number of anilines is 1. The van der Waals surface area contributed by atoms with Crippen molar-refractivity contribution < 1.29 is 5.11 Å². The molecule has 1 fully saturated rings. The van der Waals surface area contributed by atoms with E-state index in [1.807, 2.05) is 0 Å². The van der Waals surface area contributed by atoms with E-state index in [9.17, 15) is 5.11 Å². The number of piperidine rings is 1. The highest BCUT2D eigenvalue weighted by Gasteiger charge is 2.24. The minimum absolute atomic E-state index is 0.204. The Morgan fingerprint density at radius 1 is 1.50 bits per heavy atom. The molecule has 1 aromatic heterocycles. The molecule has 0 bridgehead atoms. The topological polar surface area (TPSA) is 61.3 Å². The van der Waals surface area contributed by atoms with Gasteiger partial charge in [0.2, 0.25) is 5.13 Å². The highest BCUT2D eigenvalue weighted by molar-refractivity contribution is 7.15. The predicted molar refractivity (Wildman–Crippen MR) is 73.8 cm³/mol. The zero-order chi connectivity index (χ0) is 13.0. The molecule has 2 unspecified atom stereocenters. The van der Waals surface area contributed by atoms with Gasteiger partial charge in [-0.1, -0.05) is 25.2 Å². The third-order valence-electron chi connectivity index (χ3n) is 3.35. The van der Waals surface area contributed by atoms with Crippen LogP contribution >= 0.6 is 11.3 Å². The Labute approximate surface area is 112 Å². The van der Waals surface area contributed by atoms with Crippen molar-refractivity contribution in [3.8, 4) is 0 Å². The van der Waals surface area contributed by atoms with Gasteiger partial charge in [-0.2, -0.15) is 0 Å². The quantitative estimate of drug-likeness (QED) is 0.850. The van der Waals surface area contributed by atoms with Crippen LogP contribution in [0.4, 0.5) is 5.13 Å². The Kier molecular flexibility index (Phi) is 4.91. The van der Waals surface area contributed by atoms with Crippen molar-refractivity contribution in [3.63, 3.8) is 0 Å². The molecule has 2 heterocycles. The van der Waals surface area contributed by atoms with Crippen LogP contribution in [0, 0.1) is 5.92 Å². The van der Waals surface area contributed by atoms with E-state index in [4.69, 9.17) is 0 Å². The van der Waals surface area contributed by atoms with Gasteiger partial charge in [0.1, 0.15) is 5.01 Å². The Bertz CT molecular complexity index is 371. The van der Waals surface area contributed by atoms with E-state index in [-0.39, 0.29) is 6.10 Å². The van der Waals surface area contributed by atoms with E-state index >= 15 is 0 Å². The predicted octanol–water partition coefficient (Wildman–Crippen LogP) is 1.56. The lowest BCUT2D eigenvalue weighted by atomic mass is 9.96. The van der Waals surface area contributed by atoms with Crippen LogP contribution in [0.25, 0.3) is 0 Å². The van der Waals surface area contributed by atoms with Gasteiger partial charge in [-0.3, -0.25) is 4.90 Å². The first-order valence-corrected chi connectivity index (χ1v) is 7.47. The molecular formula is C12H22N4OS. The molecule has 6 heteroatoms. The molecule has 1 aromatic rings. The monoisotopic (exact) mass is 270 g/mol. The molecule has 0 aromatic carbocycles. The first-order chi connectivity index (χ1) is 8.69. The van der Waals surface area contributed by atoms with Crippen LogP contribution in [-0.2, 0) is 6.54 Å². The molecule has 2 atom stereocenters. The standard InChI is InChI=1S/C12H22N4OS/c1-3-5-13-12-15-14-11(18-12)8-16-6-4-9(2)10(17)7-16/h9-10,17H,3-8H2,1-2H3,(H,13,15). The van der Waals surface area contributed by atoms with Crippen LogP contribution in [0.5, 0.6) is 0 Å². The molecule has 0 spiro atoms. The maximum absolute atomic E-state index is 9.86. The number of likely N-dealkylation sites (tertiary alicyclic amines) is 1. The molecule has 0 saturated carbocycles. The van der Waals surface area contributed by atoms with Crippen molar-refractivity contribution in [1.29, 1.82) is 0 Å². The van der Waals surface area contributed by atoms with Crippen molar-refractivity contribution in [3.05, 3.63) is 5.01 Å². The van der Waals surface area contributed by atoms with Crippen molar-refractivity contribution in [1.82, 2.24) is 15.1 Å². The lowest BCUT2D eigenvalue weighted by Gasteiger charge is -2.33. The highest BCUT2D eigenvalue weighted by Crippen LogP contribution is 2.21. The first kappa shape index (κ1) is 13.7. The normalized spacial score (nSPS) is 25.3. The molecule has 5 nitrogen and oxygen atoms in total. The van der Waals surface area contributed by atoms with E-state index in [0.29, 0.717) is 5.92 Å². The highest BCUT2D eigenvalue weighted by atomic mass is 32.1. The maximum atomic E-state index is 9.86. The summed E-state index contributed by atoms with van der Waals surface area (Å²) in [6, 6.07) is 0. The summed E-state index contributed by atoms with van der Waals surface area (Å²) in [5, 5.41) is 23.3. The van der Waals surface area contributed by atoms with Gasteiger partial charge in [-0.15, -0.1) is 10.2 Å². The molecule has 102 valence electrons. The van der Waals surface area contributed by atoms with Crippen molar-refractivity contribution in [2.45, 2.75) is 39.3 Å². The smallest absolute Gasteiger partial charge is 0.205 e. The molecule has 18 heavy (non-hydrogen) atoms. The summed E-state index contributed by atoms with van der Waals surface area (Å²) < 4.78 is 0. The Balaban J connectivity index is 1.84. The minimum Gasteiger partial charge on any atom is -0.392 e. The SMILES string of the molecule is CCCNc1nnc(CN2CCC(C)C(O)C2)s1. The number of aliphatic hydroxyl groups excluding tert-OH is 1. The van der Waals surface area contributed by atoms with E-state index in [1.165, 1.54) is 0 Å². The Morgan fingerprint density at radius 2 is 2.33 bits per heavy atom. The number of hydrogen-bond donors (Lipinski definition) is 2. The number of nitrogens with zero attached hydrogens (tertiary/aromatic N) is 3. The average Bonchev–Trinajstić information content (AvgIpc) is 2.79. The number of nitrogens with one attached hydrogen (secondary N) is 1. The van der Waals surface area contributed by atoms with Gasteiger partial charge in [0.25, 0.3) is 0 Å². The van der Waals surface area contributed by atoms with Gasteiger partial charge in [0.05, 0.1) is 12.6 Å². The van der Waals surface area contributed by atoms with Gasteiger partial charge in [-0.05, 0) is 25.3 Å². The summed E-state index contributed by atoms with van der Waals surface area (Å²) in [6.07, 6.45) is 1.94. The van der Waals surface area contributed by atoms with Crippen molar-refractivity contribution in [2.75, 3.05) is 25.0 Å². The number of rotatable bonds is 5.